The monoisotopic (exact) mass is 416 g/mol. The molecule has 0 unspecified atom stereocenters. The number of benzene rings is 2. The number of nitrogens with zero attached hydrogens (tertiary/aromatic N) is 4. The van der Waals surface area contributed by atoms with Crippen molar-refractivity contribution in [2.24, 2.45) is 7.05 Å². The molecule has 146 valence electrons. The third-order valence-corrected chi connectivity index (χ3v) is 6.11. The fourth-order valence-corrected chi connectivity index (χ4v) is 4.55. The van der Waals surface area contributed by atoms with E-state index in [0.29, 0.717) is 5.58 Å². The van der Waals surface area contributed by atoms with Crippen LogP contribution in [0.4, 0.5) is 5.82 Å². The molecule has 6 nitrogen and oxygen atoms in total. The lowest BCUT2D eigenvalue weighted by molar-refractivity contribution is 0.249. The Bertz CT molecular complexity index is 1170. The van der Waals surface area contributed by atoms with Crippen molar-refractivity contribution in [3.8, 4) is 0 Å². The van der Waals surface area contributed by atoms with E-state index in [1.807, 2.05) is 12.1 Å². The molecule has 4 aromatic rings. The Morgan fingerprint density at radius 3 is 2.71 bits per heavy atom. The van der Waals surface area contributed by atoms with Gasteiger partial charge in [0.25, 0.3) is 0 Å². The predicted octanol–water partition coefficient (Wildman–Crippen LogP) is 3.49. The van der Waals surface area contributed by atoms with Crippen LogP contribution < -0.4 is 10.7 Å². The lowest BCUT2D eigenvalue weighted by Gasteiger charge is -2.35. The fourth-order valence-electron chi connectivity index (χ4n) is 3.75. The van der Waals surface area contributed by atoms with Gasteiger partial charge in [-0.3, -0.25) is 9.47 Å². The summed E-state index contributed by atoms with van der Waals surface area (Å²) in [5.41, 5.74) is 2.67. The van der Waals surface area contributed by atoms with Crippen molar-refractivity contribution in [1.82, 2.24) is 13.8 Å². The van der Waals surface area contributed by atoms with Crippen molar-refractivity contribution in [3.63, 3.8) is 0 Å². The van der Waals surface area contributed by atoms with E-state index in [0.717, 1.165) is 44.1 Å². The number of oxazole rings is 1. The number of piperazine rings is 1. The number of aromatic nitrogens is 2. The second-order valence-corrected chi connectivity index (χ2v) is 7.80. The lowest BCUT2D eigenvalue weighted by Crippen LogP contribution is -2.46. The Labute approximate surface area is 172 Å². The highest BCUT2D eigenvalue weighted by Gasteiger charge is 2.21. The second-order valence-electron chi connectivity index (χ2n) is 6.99. The molecule has 0 aliphatic carbocycles. The molecule has 1 saturated heterocycles. The molecule has 5 rings (SSSR count). The zero-order valence-corrected chi connectivity index (χ0v) is 17.1. The number of aryl methyl sites for hydroxylation is 1. The molecule has 0 spiro atoms. The number of anilines is 1. The van der Waals surface area contributed by atoms with Crippen LogP contribution >= 0.6 is 23.9 Å². The number of hydrogen-bond donors (Lipinski definition) is 0. The van der Waals surface area contributed by atoms with Crippen LogP contribution in [0.25, 0.3) is 21.2 Å². The van der Waals surface area contributed by atoms with Gasteiger partial charge < -0.3 is 9.32 Å². The van der Waals surface area contributed by atoms with Crippen molar-refractivity contribution in [3.05, 3.63) is 58.6 Å². The summed E-state index contributed by atoms with van der Waals surface area (Å²) in [6.07, 6.45) is 0. The van der Waals surface area contributed by atoms with E-state index in [-0.39, 0.29) is 18.2 Å². The fraction of sp³-hybridized carbons (Fsp3) is 0.300. The van der Waals surface area contributed by atoms with Gasteiger partial charge in [0.1, 0.15) is 5.82 Å². The maximum absolute atomic E-state index is 11.7. The maximum atomic E-state index is 11.7. The summed E-state index contributed by atoms with van der Waals surface area (Å²) < 4.78 is 12.8. The highest BCUT2D eigenvalue weighted by atomic mass is 35.5. The van der Waals surface area contributed by atoms with Crippen LogP contribution in [-0.4, -0.2) is 40.0 Å². The smallest absolute Gasteiger partial charge is 0.408 e. The molecule has 28 heavy (non-hydrogen) atoms. The van der Waals surface area contributed by atoms with Crippen LogP contribution in [-0.2, 0) is 13.6 Å². The Balaban J connectivity index is 0.00000192. The van der Waals surface area contributed by atoms with Crippen molar-refractivity contribution >= 4 is 50.9 Å². The number of rotatable bonds is 3. The van der Waals surface area contributed by atoms with Crippen LogP contribution in [0, 0.1) is 0 Å². The average Bonchev–Trinajstić information content (AvgIpc) is 3.24. The van der Waals surface area contributed by atoms with Crippen molar-refractivity contribution in [2.45, 2.75) is 6.54 Å². The summed E-state index contributed by atoms with van der Waals surface area (Å²) in [5.74, 6) is 0.800. The minimum absolute atomic E-state index is 0. The second kappa shape index (κ2) is 7.58. The van der Waals surface area contributed by atoms with Gasteiger partial charge >= 0.3 is 5.76 Å². The van der Waals surface area contributed by atoms with E-state index < -0.39 is 0 Å². The largest absolute Gasteiger partial charge is 0.419 e. The molecule has 3 heterocycles. The molecule has 1 fully saturated rings. The van der Waals surface area contributed by atoms with Crippen LogP contribution in [0.3, 0.4) is 0 Å². The van der Waals surface area contributed by atoms with Gasteiger partial charge in [-0.1, -0.05) is 18.2 Å². The number of halogens is 1. The van der Waals surface area contributed by atoms with Gasteiger partial charge in [0.15, 0.2) is 5.58 Å². The number of hydrogen-bond acceptors (Lipinski definition) is 6. The minimum atomic E-state index is -0.314. The molecular weight excluding hydrogens is 396 g/mol. The molecule has 0 N–H and O–H groups in total. The van der Waals surface area contributed by atoms with Crippen LogP contribution in [0.1, 0.15) is 5.56 Å². The van der Waals surface area contributed by atoms with Gasteiger partial charge in [0.2, 0.25) is 0 Å². The van der Waals surface area contributed by atoms with E-state index in [1.54, 1.807) is 18.6 Å². The van der Waals surface area contributed by atoms with E-state index in [4.69, 9.17) is 4.42 Å². The molecule has 0 saturated carbocycles. The van der Waals surface area contributed by atoms with Gasteiger partial charge in [-0.25, -0.2) is 4.79 Å². The molecule has 2 aromatic heterocycles. The zero-order chi connectivity index (χ0) is 18.4. The average molecular weight is 417 g/mol. The topological polar surface area (TPSA) is 54.5 Å². The van der Waals surface area contributed by atoms with Crippen molar-refractivity contribution in [2.75, 3.05) is 31.1 Å². The van der Waals surface area contributed by atoms with Crippen LogP contribution in [0.2, 0.25) is 0 Å². The summed E-state index contributed by atoms with van der Waals surface area (Å²) in [6, 6.07) is 14.5. The third kappa shape index (κ3) is 3.30. The summed E-state index contributed by atoms with van der Waals surface area (Å²) >= 11 is 1.57. The summed E-state index contributed by atoms with van der Waals surface area (Å²) in [7, 11) is 1.73. The molecule has 8 heteroatoms. The predicted molar refractivity (Wildman–Crippen MR) is 116 cm³/mol. The normalized spacial score (nSPS) is 15.2. The first-order chi connectivity index (χ1) is 13.2. The van der Waals surface area contributed by atoms with E-state index in [1.165, 1.54) is 20.2 Å². The Morgan fingerprint density at radius 2 is 1.89 bits per heavy atom. The maximum Gasteiger partial charge on any atom is 0.419 e. The molecule has 2 aromatic carbocycles. The van der Waals surface area contributed by atoms with Crippen LogP contribution in [0.15, 0.2) is 51.7 Å². The molecule has 0 amide bonds. The highest BCUT2D eigenvalue weighted by molar-refractivity contribution is 7.13. The summed E-state index contributed by atoms with van der Waals surface area (Å²) in [6.45, 7) is 4.78. The Morgan fingerprint density at radius 1 is 1.11 bits per heavy atom. The molecule has 1 aliphatic rings. The molecule has 1 aliphatic heterocycles. The van der Waals surface area contributed by atoms with E-state index >= 15 is 0 Å². The third-order valence-electron chi connectivity index (χ3n) is 5.29. The highest BCUT2D eigenvalue weighted by Crippen LogP contribution is 2.30. The summed E-state index contributed by atoms with van der Waals surface area (Å²) in [5, 5.41) is 1.25. The van der Waals surface area contributed by atoms with Gasteiger partial charge in [-0.15, -0.1) is 12.4 Å². The summed E-state index contributed by atoms with van der Waals surface area (Å²) in [4.78, 5) is 16.5. The van der Waals surface area contributed by atoms with Gasteiger partial charge in [0.05, 0.1) is 10.2 Å². The van der Waals surface area contributed by atoms with Crippen molar-refractivity contribution in [1.29, 1.82) is 0 Å². The first kappa shape index (κ1) is 19.0. The van der Waals surface area contributed by atoms with E-state index in [2.05, 4.69) is 44.5 Å². The Kier molecular flexibility index (Phi) is 5.14. The van der Waals surface area contributed by atoms with Gasteiger partial charge in [-0.2, -0.15) is 4.37 Å². The van der Waals surface area contributed by atoms with E-state index in [9.17, 15) is 4.79 Å². The first-order valence-corrected chi connectivity index (χ1v) is 9.86. The zero-order valence-electron chi connectivity index (χ0n) is 15.5. The standard InChI is InChI=1S/C20H20N4O2S.ClH/c1-22-16-7-6-14(12-17(16)26-20(22)25)13-23-8-10-24(11-9-23)19-15-4-2-3-5-18(15)27-21-19;/h2-7,12H,8-11,13H2,1H3;1H. The quantitative estimate of drug-likeness (QED) is 0.511. The van der Waals surface area contributed by atoms with Gasteiger partial charge in [0, 0.05) is 45.2 Å². The minimum Gasteiger partial charge on any atom is -0.408 e. The lowest BCUT2D eigenvalue weighted by atomic mass is 10.1. The van der Waals surface area contributed by atoms with Crippen molar-refractivity contribution < 1.29 is 4.42 Å². The molecular formula is C20H21ClN4O2S. The molecule has 0 bridgehead atoms. The van der Waals surface area contributed by atoms with Gasteiger partial charge in [-0.05, 0) is 41.4 Å². The molecule has 0 radical (unpaired) electrons. The molecule has 0 atom stereocenters. The Hall–Kier alpha value is -2.35. The number of fused-ring (bicyclic) bond motifs is 2. The van der Waals surface area contributed by atoms with Crippen LogP contribution in [0.5, 0.6) is 0 Å². The SMILES string of the molecule is Cl.Cn1c(=O)oc2cc(CN3CCN(c4nsc5ccccc45)CC3)ccc21. The first-order valence-electron chi connectivity index (χ1n) is 9.09.